The van der Waals surface area contributed by atoms with Crippen molar-refractivity contribution in [3.63, 3.8) is 0 Å². The number of amides is 2. The maximum atomic E-state index is 11.8. The van der Waals surface area contributed by atoms with E-state index in [2.05, 4.69) is 17.9 Å². The van der Waals surface area contributed by atoms with Gasteiger partial charge in [-0.2, -0.15) is 0 Å². The van der Waals surface area contributed by atoms with Gasteiger partial charge in [-0.25, -0.2) is 0 Å². The molecule has 5 heteroatoms. The third-order valence-electron chi connectivity index (χ3n) is 3.21. The Morgan fingerprint density at radius 2 is 1.79 bits per heavy atom. The Morgan fingerprint density at radius 1 is 1.16 bits per heavy atom. The maximum Gasteiger partial charge on any atom is 0.251 e. The van der Waals surface area contributed by atoms with Gasteiger partial charge in [-0.3, -0.25) is 9.59 Å². The van der Waals surface area contributed by atoms with Crippen molar-refractivity contribution in [2.75, 3.05) is 19.6 Å². The molecule has 0 aliphatic carbocycles. The molecule has 1 fully saturated rings. The summed E-state index contributed by atoms with van der Waals surface area (Å²) < 4.78 is 0. The topological polar surface area (TPSA) is 49.4 Å². The van der Waals surface area contributed by atoms with E-state index in [0.29, 0.717) is 18.5 Å². The van der Waals surface area contributed by atoms with E-state index in [1.165, 1.54) is 0 Å². The fourth-order valence-electron chi connectivity index (χ4n) is 2.12. The van der Waals surface area contributed by atoms with Crippen molar-refractivity contribution in [3.05, 3.63) is 29.8 Å². The molecule has 1 heterocycles. The van der Waals surface area contributed by atoms with Gasteiger partial charge in [-0.15, -0.1) is 12.6 Å². The number of rotatable bonds is 4. The van der Waals surface area contributed by atoms with Crippen LogP contribution in [0.3, 0.4) is 0 Å². The molecule has 1 aromatic carbocycles. The van der Waals surface area contributed by atoms with Crippen molar-refractivity contribution >= 4 is 24.4 Å². The molecule has 0 aromatic heterocycles. The Bertz CT molecular complexity index is 453. The molecule has 0 saturated carbocycles. The number of likely N-dealkylation sites (tertiary alicyclic amines) is 1. The van der Waals surface area contributed by atoms with E-state index in [1.807, 2.05) is 4.90 Å². The van der Waals surface area contributed by atoms with Crippen LogP contribution in [0.15, 0.2) is 29.2 Å². The van der Waals surface area contributed by atoms with Gasteiger partial charge >= 0.3 is 0 Å². The summed E-state index contributed by atoms with van der Waals surface area (Å²) in [5.74, 6) is -0.0222. The van der Waals surface area contributed by atoms with Crippen LogP contribution in [0.25, 0.3) is 0 Å². The van der Waals surface area contributed by atoms with E-state index in [-0.39, 0.29) is 11.8 Å². The third-order valence-corrected chi connectivity index (χ3v) is 3.51. The van der Waals surface area contributed by atoms with Crippen LogP contribution in [0, 0.1) is 0 Å². The molecule has 0 radical (unpaired) electrons. The molecule has 1 saturated heterocycles. The Hall–Kier alpha value is -1.49. The summed E-state index contributed by atoms with van der Waals surface area (Å²) in [5.41, 5.74) is 0.589. The summed E-state index contributed by atoms with van der Waals surface area (Å²) in [7, 11) is 0. The lowest BCUT2D eigenvalue weighted by Gasteiger charge is -2.15. The molecule has 0 bridgehead atoms. The van der Waals surface area contributed by atoms with Gasteiger partial charge in [-0.05, 0) is 37.1 Å². The SMILES string of the molecule is O=C(NCCC(=O)N1CCCC1)c1ccc(S)cc1. The molecular formula is C14H18N2O2S. The first kappa shape index (κ1) is 13.9. The van der Waals surface area contributed by atoms with Crippen LogP contribution in [0.2, 0.25) is 0 Å². The summed E-state index contributed by atoms with van der Waals surface area (Å²) in [6, 6.07) is 6.99. The highest BCUT2D eigenvalue weighted by Crippen LogP contribution is 2.09. The lowest BCUT2D eigenvalue weighted by atomic mass is 10.2. The predicted octanol–water partition coefficient (Wildman–Crippen LogP) is 1.72. The minimum Gasteiger partial charge on any atom is -0.352 e. The second kappa shape index (κ2) is 6.61. The molecule has 0 atom stereocenters. The Kier molecular flexibility index (Phi) is 4.85. The van der Waals surface area contributed by atoms with Crippen LogP contribution in [0.1, 0.15) is 29.6 Å². The number of hydrogen-bond donors (Lipinski definition) is 2. The first-order valence-corrected chi connectivity index (χ1v) is 6.96. The fourth-order valence-corrected chi connectivity index (χ4v) is 2.27. The van der Waals surface area contributed by atoms with Gasteiger partial charge < -0.3 is 10.2 Å². The lowest BCUT2D eigenvalue weighted by Crippen LogP contribution is -2.32. The third kappa shape index (κ3) is 3.99. The van der Waals surface area contributed by atoms with Gasteiger partial charge in [0.1, 0.15) is 0 Å². The van der Waals surface area contributed by atoms with E-state index in [1.54, 1.807) is 24.3 Å². The van der Waals surface area contributed by atoms with E-state index in [9.17, 15) is 9.59 Å². The molecule has 2 amide bonds. The Morgan fingerprint density at radius 3 is 2.42 bits per heavy atom. The van der Waals surface area contributed by atoms with Crippen molar-refractivity contribution in [1.82, 2.24) is 10.2 Å². The van der Waals surface area contributed by atoms with E-state index < -0.39 is 0 Å². The summed E-state index contributed by atoms with van der Waals surface area (Å²) in [5, 5.41) is 2.76. The Labute approximate surface area is 118 Å². The summed E-state index contributed by atoms with van der Waals surface area (Å²) in [6.45, 7) is 2.10. The van der Waals surface area contributed by atoms with Crippen molar-refractivity contribution < 1.29 is 9.59 Å². The molecule has 2 rings (SSSR count). The average Bonchev–Trinajstić information content (AvgIpc) is 2.93. The monoisotopic (exact) mass is 278 g/mol. The second-order valence-corrected chi connectivity index (χ2v) is 5.16. The van der Waals surface area contributed by atoms with Crippen LogP contribution >= 0.6 is 12.6 Å². The van der Waals surface area contributed by atoms with Crippen LogP contribution < -0.4 is 5.32 Å². The zero-order chi connectivity index (χ0) is 13.7. The van der Waals surface area contributed by atoms with E-state index in [4.69, 9.17) is 0 Å². The molecule has 4 nitrogen and oxygen atoms in total. The van der Waals surface area contributed by atoms with Crippen molar-refractivity contribution in [1.29, 1.82) is 0 Å². The van der Waals surface area contributed by atoms with Crippen LogP contribution in [0.5, 0.6) is 0 Å². The molecule has 1 aliphatic heterocycles. The average molecular weight is 278 g/mol. The lowest BCUT2D eigenvalue weighted by molar-refractivity contribution is -0.129. The first-order valence-electron chi connectivity index (χ1n) is 6.52. The number of thiol groups is 1. The maximum absolute atomic E-state index is 11.8. The van der Waals surface area contributed by atoms with Gasteiger partial charge in [-0.1, -0.05) is 0 Å². The summed E-state index contributed by atoms with van der Waals surface area (Å²) in [6.07, 6.45) is 2.55. The first-order chi connectivity index (χ1) is 9.16. The standard InChI is InChI=1S/C14H18N2O2S/c17-13(16-9-1-2-10-16)7-8-15-14(18)11-3-5-12(19)6-4-11/h3-6,19H,1-2,7-10H2,(H,15,18). The van der Waals surface area contributed by atoms with Gasteiger partial charge in [0.2, 0.25) is 5.91 Å². The van der Waals surface area contributed by atoms with Crippen LogP contribution in [0.4, 0.5) is 0 Å². The molecule has 1 N–H and O–H groups in total. The van der Waals surface area contributed by atoms with Gasteiger partial charge in [0.15, 0.2) is 0 Å². The number of benzene rings is 1. The van der Waals surface area contributed by atoms with Crippen molar-refractivity contribution in [2.45, 2.75) is 24.2 Å². The minimum atomic E-state index is -0.150. The predicted molar refractivity (Wildman–Crippen MR) is 76.5 cm³/mol. The molecule has 0 spiro atoms. The zero-order valence-electron chi connectivity index (χ0n) is 10.8. The number of hydrogen-bond acceptors (Lipinski definition) is 3. The minimum absolute atomic E-state index is 0.128. The number of nitrogens with zero attached hydrogens (tertiary/aromatic N) is 1. The van der Waals surface area contributed by atoms with Gasteiger partial charge in [0.05, 0.1) is 0 Å². The smallest absolute Gasteiger partial charge is 0.251 e. The molecule has 0 unspecified atom stereocenters. The number of carbonyl (C=O) groups excluding carboxylic acids is 2. The normalized spacial score (nSPS) is 14.5. The molecular weight excluding hydrogens is 260 g/mol. The fraction of sp³-hybridized carbons (Fsp3) is 0.429. The summed E-state index contributed by atoms with van der Waals surface area (Å²) in [4.78, 5) is 26.3. The highest BCUT2D eigenvalue weighted by atomic mass is 32.1. The van der Waals surface area contributed by atoms with Gasteiger partial charge in [0.25, 0.3) is 5.91 Å². The highest BCUT2D eigenvalue weighted by Gasteiger charge is 2.17. The van der Waals surface area contributed by atoms with E-state index >= 15 is 0 Å². The molecule has 1 aromatic rings. The molecule has 102 valence electrons. The highest BCUT2D eigenvalue weighted by molar-refractivity contribution is 7.80. The van der Waals surface area contributed by atoms with Crippen LogP contribution in [-0.4, -0.2) is 36.3 Å². The van der Waals surface area contributed by atoms with Crippen molar-refractivity contribution in [3.8, 4) is 0 Å². The number of carbonyl (C=O) groups is 2. The van der Waals surface area contributed by atoms with Gasteiger partial charge in [0, 0.05) is 36.5 Å². The quantitative estimate of drug-likeness (QED) is 0.824. The van der Waals surface area contributed by atoms with E-state index in [0.717, 1.165) is 30.8 Å². The molecule has 1 aliphatic rings. The zero-order valence-corrected chi connectivity index (χ0v) is 11.7. The van der Waals surface area contributed by atoms with Crippen LogP contribution in [-0.2, 0) is 4.79 Å². The Balaban J connectivity index is 1.74. The summed E-state index contributed by atoms with van der Waals surface area (Å²) >= 11 is 4.17. The second-order valence-electron chi connectivity index (χ2n) is 4.64. The number of nitrogens with one attached hydrogen (secondary N) is 1. The van der Waals surface area contributed by atoms with Crippen molar-refractivity contribution in [2.24, 2.45) is 0 Å². The molecule has 19 heavy (non-hydrogen) atoms. The largest absolute Gasteiger partial charge is 0.352 e.